The number of hydrogen-bond donors (Lipinski definition) is 0. The fourth-order valence-electron chi connectivity index (χ4n) is 2.32. The molecule has 0 spiro atoms. The largest absolute Gasteiger partial charge is 0.377 e. The van der Waals surface area contributed by atoms with Gasteiger partial charge in [-0.15, -0.1) is 3.89 Å². The topological polar surface area (TPSA) is 80.8 Å². The van der Waals surface area contributed by atoms with Gasteiger partial charge in [0.1, 0.15) is 0 Å². The van der Waals surface area contributed by atoms with Gasteiger partial charge in [-0.25, -0.2) is 8.42 Å². The van der Waals surface area contributed by atoms with Crippen LogP contribution in [0.25, 0.3) is 0 Å². The highest BCUT2D eigenvalue weighted by atomic mass is 32.3. The fraction of sp³-hybridized carbons (Fsp3) is 0.500. The van der Waals surface area contributed by atoms with Crippen LogP contribution >= 0.6 is 0 Å². The van der Waals surface area contributed by atoms with Gasteiger partial charge in [-0.05, 0) is 37.6 Å². The first-order valence-corrected chi connectivity index (χ1v) is 9.11. The van der Waals surface area contributed by atoms with E-state index in [0.717, 1.165) is 24.3 Å². The van der Waals surface area contributed by atoms with Crippen molar-refractivity contribution in [1.82, 2.24) is 4.31 Å². The van der Waals surface area contributed by atoms with Crippen LogP contribution in [0, 0.1) is 0 Å². The number of benzene rings is 1. The first-order valence-electron chi connectivity index (χ1n) is 6.28. The Bertz CT molecular complexity index is 715. The number of ether oxygens (including phenoxy) is 1. The van der Waals surface area contributed by atoms with Crippen molar-refractivity contribution >= 4 is 20.2 Å². The molecule has 0 N–H and O–H groups in total. The molecule has 2 rings (SSSR count). The average Bonchev–Trinajstić information content (AvgIpc) is 2.83. The summed E-state index contributed by atoms with van der Waals surface area (Å²) in [5.74, 6) is 0. The van der Waals surface area contributed by atoms with Crippen molar-refractivity contribution in [2.75, 3.05) is 13.7 Å². The zero-order chi connectivity index (χ0) is 15.8. The van der Waals surface area contributed by atoms with Crippen molar-refractivity contribution in [3.63, 3.8) is 0 Å². The third kappa shape index (κ3) is 3.25. The lowest BCUT2D eigenvalue weighted by Crippen LogP contribution is -2.40. The Kier molecular flexibility index (Phi) is 4.39. The quantitative estimate of drug-likeness (QED) is 0.770. The summed E-state index contributed by atoms with van der Waals surface area (Å²) in [6.07, 6.45) is 0.378. The minimum absolute atomic E-state index is 0.0866. The lowest BCUT2D eigenvalue weighted by Gasteiger charge is -2.26. The van der Waals surface area contributed by atoms with E-state index in [1.165, 1.54) is 11.4 Å². The predicted molar refractivity (Wildman–Crippen MR) is 73.5 cm³/mol. The Morgan fingerprint density at radius 3 is 2.10 bits per heavy atom. The molecule has 0 amide bonds. The van der Waals surface area contributed by atoms with Crippen molar-refractivity contribution in [3.05, 3.63) is 24.3 Å². The monoisotopic (exact) mass is 337 g/mol. The Balaban J connectivity index is 2.31. The van der Waals surface area contributed by atoms with Gasteiger partial charge in [0.25, 0.3) is 0 Å². The molecule has 1 aliphatic heterocycles. The van der Waals surface area contributed by atoms with Crippen molar-refractivity contribution < 1.29 is 25.5 Å². The summed E-state index contributed by atoms with van der Waals surface area (Å²) in [6, 6.07) is 3.76. The molecular weight excluding hydrogens is 321 g/mol. The number of sulfonamides is 1. The first-order chi connectivity index (χ1) is 9.64. The molecule has 1 aromatic carbocycles. The molecule has 1 fully saturated rings. The Morgan fingerprint density at radius 1 is 1.14 bits per heavy atom. The minimum atomic E-state index is -4.84. The van der Waals surface area contributed by atoms with Crippen LogP contribution in [0.5, 0.6) is 0 Å². The van der Waals surface area contributed by atoms with Crippen molar-refractivity contribution in [3.8, 4) is 0 Å². The maximum atomic E-state index is 12.8. The van der Waals surface area contributed by atoms with Crippen LogP contribution in [0.3, 0.4) is 0 Å². The molecule has 1 aromatic rings. The molecule has 6 nitrogen and oxygen atoms in total. The van der Waals surface area contributed by atoms with E-state index in [9.17, 15) is 20.7 Å². The van der Waals surface area contributed by atoms with Gasteiger partial charge in [0, 0.05) is 13.7 Å². The second-order valence-electron chi connectivity index (χ2n) is 4.86. The van der Waals surface area contributed by atoms with Gasteiger partial charge in [0.05, 0.1) is 21.9 Å². The van der Waals surface area contributed by atoms with Crippen LogP contribution in [0.15, 0.2) is 34.1 Å². The van der Waals surface area contributed by atoms with Crippen LogP contribution in [0.4, 0.5) is 3.89 Å². The smallest absolute Gasteiger partial charge is 0.332 e. The van der Waals surface area contributed by atoms with Gasteiger partial charge in [0.15, 0.2) is 0 Å². The van der Waals surface area contributed by atoms with E-state index < -0.39 is 25.1 Å². The highest BCUT2D eigenvalue weighted by Crippen LogP contribution is 2.25. The molecule has 0 saturated carbocycles. The lowest BCUT2D eigenvalue weighted by molar-refractivity contribution is 0.102. The van der Waals surface area contributed by atoms with Crippen LogP contribution in [0.1, 0.15) is 13.3 Å². The van der Waals surface area contributed by atoms with Crippen molar-refractivity contribution in [2.45, 2.75) is 35.3 Å². The molecule has 0 radical (unpaired) electrons. The summed E-state index contributed by atoms with van der Waals surface area (Å²) in [6.45, 7) is 2.28. The summed E-state index contributed by atoms with van der Waals surface area (Å²) in [5.41, 5.74) is 0. The molecule has 0 bridgehead atoms. The van der Waals surface area contributed by atoms with E-state index in [1.807, 2.05) is 0 Å². The van der Waals surface area contributed by atoms with E-state index in [1.54, 1.807) is 6.92 Å². The van der Waals surface area contributed by atoms with Gasteiger partial charge >= 0.3 is 10.2 Å². The molecule has 118 valence electrons. The molecule has 0 aliphatic carbocycles. The molecule has 1 saturated heterocycles. The molecule has 9 heteroatoms. The second kappa shape index (κ2) is 5.64. The molecule has 0 aromatic heterocycles. The van der Waals surface area contributed by atoms with E-state index >= 15 is 0 Å². The Hall–Kier alpha value is -1.03. The van der Waals surface area contributed by atoms with E-state index in [4.69, 9.17) is 4.74 Å². The summed E-state index contributed by atoms with van der Waals surface area (Å²) < 4.78 is 65.7. The summed E-state index contributed by atoms with van der Waals surface area (Å²) in [4.78, 5) is -0.654. The number of halogens is 1. The Labute approximate surface area is 123 Å². The third-order valence-electron chi connectivity index (χ3n) is 3.59. The fourth-order valence-corrected chi connectivity index (χ4v) is 4.22. The molecule has 2 unspecified atom stereocenters. The molecule has 1 heterocycles. The standard InChI is InChI=1S/C12H16FNO5S2/c1-9-12(7-8-19-9)14(2)21(17,18)11-5-3-10(4-6-11)20(13,15)16/h3-6,9,12H,7-8H2,1-2H3. The van der Waals surface area contributed by atoms with Crippen LogP contribution in [0.2, 0.25) is 0 Å². The third-order valence-corrected chi connectivity index (χ3v) is 6.32. The first kappa shape index (κ1) is 16.3. The minimum Gasteiger partial charge on any atom is -0.377 e. The van der Waals surface area contributed by atoms with Gasteiger partial charge in [0.2, 0.25) is 10.0 Å². The lowest BCUT2D eigenvalue weighted by atomic mass is 10.2. The highest BCUT2D eigenvalue weighted by Gasteiger charge is 2.35. The van der Waals surface area contributed by atoms with Gasteiger partial charge in [-0.2, -0.15) is 12.7 Å². The van der Waals surface area contributed by atoms with Gasteiger partial charge in [-0.3, -0.25) is 0 Å². The zero-order valence-electron chi connectivity index (χ0n) is 11.6. The zero-order valence-corrected chi connectivity index (χ0v) is 13.2. The van der Waals surface area contributed by atoms with Gasteiger partial charge in [-0.1, -0.05) is 0 Å². The maximum absolute atomic E-state index is 12.8. The maximum Gasteiger partial charge on any atom is 0.332 e. The van der Waals surface area contributed by atoms with E-state index in [0.29, 0.717) is 13.0 Å². The summed E-state index contributed by atoms with van der Waals surface area (Å²) >= 11 is 0. The van der Waals surface area contributed by atoms with Crippen molar-refractivity contribution in [2.24, 2.45) is 0 Å². The number of hydrogen-bond acceptors (Lipinski definition) is 5. The number of likely N-dealkylation sites (N-methyl/N-ethyl adjacent to an activating group) is 1. The van der Waals surface area contributed by atoms with Gasteiger partial charge < -0.3 is 4.74 Å². The second-order valence-corrected chi connectivity index (χ2v) is 8.21. The van der Waals surface area contributed by atoms with Crippen LogP contribution in [-0.4, -0.2) is 46.9 Å². The Morgan fingerprint density at radius 2 is 1.67 bits per heavy atom. The summed E-state index contributed by atoms with van der Waals surface area (Å²) in [5, 5.41) is 0. The highest BCUT2D eigenvalue weighted by molar-refractivity contribution is 7.89. The SMILES string of the molecule is CC1OCCC1N(C)S(=O)(=O)c1ccc(S(=O)(=O)F)cc1. The molecule has 21 heavy (non-hydrogen) atoms. The van der Waals surface area contributed by atoms with E-state index in [2.05, 4.69) is 0 Å². The normalized spacial score (nSPS) is 23.6. The van der Waals surface area contributed by atoms with Crippen molar-refractivity contribution in [1.29, 1.82) is 0 Å². The molecular formula is C12H16FNO5S2. The molecule has 1 aliphatic rings. The van der Waals surface area contributed by atoms with Crippen LogP contribution < -0.4 is 0 Å². The average molecular weight is 337 g/mol. The van der Waals surface area contributed by atoms with E-state index in [-0.39, 0.29) is 17.0 Å². The number of rotatable bonds is 4. The summed E-state index contributed by atoms with van der Waals surface area (Å²) in [7, 11) is -7.17. The molecule has 2 atom stereocenters. The van der Waals surface area contributed by atoms with Crippen LogP contribution in [-0.2, 0) is 25.0 Å². The number of nitrogens with zero attached hydrogens (tertiary/aromatic N) is 1. The predicted octanol–water partition coefficient (Wildman–Crippen LogP) is 1.14.